The zero-order valence-corrected chi connectivity index (χ0v) is 18.7. The molecule has 0 unspecified atom stereocenters. The van der Waals surface area contributed by atoms with Gasteiger partial charge in [0, 0.05) is 46.1 Å². The van der Waals surface area contributed by atoms with E-state index in [1.807, 2.05) is 73.2 Å². The Balaban J connectivity index is 0.00000231. The standard InChI is InChI=1S/C23H18BrN5O.ClH/c24-16-4-6-17(7-5-16)27-23(30)28-20-2-1-3-21-19(20)10-13-29(21)14-15-8-11-25-22-18(15)9-12-26-22;/h1-13H,14H2,(H,25,26)(H2,27,28,30);1H. The van der Waals surface area contributed by atoms with Crippen molar-refractivity contribution in [1.82, 2.24) is 14.5 Å². The van der Waals surface area contributed by atoms with E-state index in [2.05, 4.69) is 47.2 Å². The van der Waals surface area contributed by atoms with Crippen molar-refractivity contribution in [3.63, 3.8) is 0 Å². The lowest BCUT2D eigenvalue weighted by Gasteiger charge is -2.10. The van der Waals surface area contributed by atoms with Crippen LogP contribution in [0.5, 0.6) is 0 Å². The summed E-state index contributed by atoms with van der Waals surface area (Å²) in [5, 5.41) is 7.92. The number of urea groups is 1. The third-order valence-electron chi connectivity index (χ3n) is 5.06. The van der Waals surface area contributed by atoms with Crippen LogP contribution in [-0.4, -0.2) is 20.6 Å². The summed E-state index contributed by atoms with van der Waals surface area (Å²) in [4.78, 5) is 20.0. The van der Waals surface area contributed by atoms with Gasteiger partial charge < -0.3 is 20.2 Å². The number of aromatic nitrogens is 3. The molecule has 8 heteroatoms. The van der Waals surface area contributed by atoms with E-state index in [9.17, 15) is 4.79 Å². The average molecular weight is 497 g/mol. The molecule has 5 aromatic rings. The molecule has 2 amide bonds. The average Bonchev–Trinajstić information content (AvgIpc) is 3.38. The quantitative estimate of drug-likeness (QED) is 0.269. The number of nitrogens with zero attached hydrogens (tertiary/aromatic N) is 2. The first-order chi connectivity index (χ1) is 14.7. The molecule has 0 aliphatic rings. The van der Waals surface area contributed by atoms with Crippen molar-refractivity contribution in [1.29, 1.82) is 0 Å². The van der Waals surface area contributed by atoms with Crippen LogP contribution in [0.4, 0.5) is 16.2 Å². The first-order valence-electron chi connectivity index (χ1n) is 9.50. The molecule has 3 N–H and O–H groups in total. The zero-order valence-electron chi connectivity index (χ0n) is 16.3. The molecule has 5 rings (SSSR count). The van der Waals surface area contributed by atoms with E-state index in [-0.39, 0.29) is 18.4 Å². The molecular formula is C23H19BrClN5O. The lowest BCUT2D eigenvalue weighted by molar-refractivity contribution is 0.262. The summed E-state index contributed by atoms with van der Waals surface area (Å²) in [6.07, 6.45) is 5.77. The van der Waals surface area contributed by atoms with Crippen LogP contribution in [0.1, 0.15) is 5.56 Å². The van der Waals surface area contributed by atoms with Crippen LogP contribution in [0.3, 0.4) is 0 Å². The monoisotopic (exact) mass is 495 g/mol. The number of hydrogen-bond acceptors (Lipinski definition) is 2. The number of fused-ring (bicyclic) bond motifs is 2. The summed E-state index contributed by atoms with van der Waals surface area (Å²) >= 11 is 3.39. The van der Waals surface area contributed by atoms with Crippen LogP contribution in [0.2, 0.25) is 0 Å². The van der Waals surface area contributed by atoms with Gasteiger partial charge in [-0.25, -0.2) is 9.78 Å². The largest absolute Gasteiger partial charge is 0.346 e. The van der Waals surface area contributed by atoms with Gasteiger partial charge in [-0.2, -0.15) is 0 Å². The van der Waals surface area contributed by atoms with Gasteiger partial charge in [-0.3, -0.25) is 0 Å². The Kier molecular flexibility index (Phi) is 5.97. The maximum atomic E-state index is 12.5. The lowest BCUT2D eigenvalue weighted by atomic mass is 10.2. The lowest BCUT2D eigenvalue weighted by Crippen LogP contribution is -2.19. The van der Waals surface area contributed by atoms with Gasteiger partial charge in [-0.15, -0.1) is 12.4 Å². The second-order valence-electron chi connectivity index (χ2n) is 6.98. The summed E-state index contributed by atoms with van der Waals surface area (Å²) in [6, 6.07) is 19.2. The summed E-state index contributed by atoms with van der Waals surface area (Å²) < 4.78 is 3.14. The minimum Gasteiger partial charge on any atom is -0.346 e. The Hall–Kier alpha value is -3.29. The van der Waals surface area contributed by atoms with Gasteiger partial charge in [-0.05, 0) is 60.2 Å². The number of anilines is 2. The first-order valence-corrected chi connectivity index (χ1v) is 10.3. The van der Waals surface area contributed by atoms with E-state index in [0.29, 0.717) is 0 Å². The second kappa shape index (κ2) is 8.83. The van der Waals surface area contributed by atoms with Crippen molar-refractivity contribution in [3.8, 4) is 0 Å². The predicted octanol–water partition coefficient (Wildman–Crippen LogP) is 6.39. The summed E-state index contributed by atoms with van der Waals surface area (Å²) in [5.74, 6) is 0. The number of carbonyl (C=O) groups is 1. The van der Waals surface area contributed by atoms with Gasteiger partial charge in [0.2, 0.25) is 0 Å². The van der Waals surface area contributed by atoms with Crippen molar-refractivity contribution in [3.05, 3.63) is 89.3 Å². The summed E-state index contributed by atoms with van der Waals surface area (Å²) in [5.41, 5.74) is 4.62. The first kappa shape index (κ1) is 21.0. The molecule has 0 saturated heterocycles. The smallest absolute Gasteiger partial charge is 0.323 e. The fourth-order valence-corrected chi connectivity index (χ4v) is 3.89. The molecule has 3 aromatic heterocycles. The number of rotatable bonds is 4. The van der Waals surface area contributed by atoms with E-state index in [0.717, 1.165) is 44.3 Å². The van der Waals surface area contributed by atoms with Crippen LogP contribution < -0.4 is 10.6 Å². The maximum absolute atomic E-state index is 12.5. The highest BCUT2D eigenvalue weighted by molar-refractivity contribution is 9.10. The van der Waals surface area contributed by atoms with E-state index >= 15 is 0 Å². The topological polar surface area (TPSA) is 74.7 Å². The van der Waals surface area contributed by atoms with Crippen molar-refractivity contribution in [2.45, 2.75) is 6.54 Å². The van der Waals surface area contributed by atoms with Crippen molar-refractivity contribution in [2.75, 3.05) is 10.6 Å². The Morgan fingerprint density at radius 3 is 2.68 bits per heavy atom. The molecule has 0 bridgehead atoms. The fourth-order valence-electron chi connectivity index (χ4n) is 3.63. The molecule has 0 spiro atoms. The minimum absolute atomic E-state index is 0. The van der Waals surface area contributed by atoms with Gasteiger partial charge in [0.25, 0.3) is 0 Å². The molecule has 6 nitrogen and oxygen atoms in total. The van der Waals surface area contributed by atoms with Gasteiger partial charge in [-0.1, -0.05) is 22.0 Å². The zero-order chi connectivity index (χ0) is 20.5. The molecular weight excluding hydrogens is 478 g/mol. The molecule has 0 atom stereocenters. The Morgan fingerprint density at radius 1 is 1.00 bits per heavy atom. The van der Waals surface area contributed by atoms with Crippen LogP contribution >= 0.6 is 28.3 Å². The van der Waals surface area contributed by atoms with Gasteiger partial charge in [0.05, 0.1) is 11.2 Å². The molecule has 0 aliphatic carbocycles. The summed E-state index contributed by atoms with van der Waals surface area (Å²) in [6.45, 7) is 0.717. The number of halogens is 2. The number of benzene rings is 2. The number of pyridine rings is 1. The predicted molar refractivity (Wildman–Crippen MR) is 131 cm³/mol. The van der Waals surface area contributed by atoms with E-state index in [4.69, 9.17) is 0 Å². The fraction of sp³-hybridized carbons (Fsp3) is 0.0435. The minimum atomic E-state index is -0.277. The number of nitrogens with one attached hydrogen (secondary N) is 3. The number of H-pyrrole nitrogens is 1. The number of carbonyl (C=O) groups excluding carboxylic acids is 1. The molecule has 0 radical (unpaired) electrons. The van der Waals surface area contributed by atoms with Gasteiger partial charge in [0.15, 0.2) is 0 Å². The van der Waals surface area contributed by atoms with Crippen molar-refractivity contribution < 1.29 is 4.79 Å². The van der Waals surface area contributed by atoms with Gasteiger partial charge in [0.1, 0.15) is 5.65 Å². The maximum Gasteiger partial charge on any atom is 0.323 e. The Bertz CT molecular complexity index is 1360. The van der Waals surface area contributed by atoms with Gasteiger partial charge >= 0.3 is 6.03 Å². The second-order valence-corrected chi connectivity index (χ2v) is 7.89. The third-order valence-corrected chi connectivity index (χ3v) is 5.58. The van der Waals surface area contributed by atoms with Crippen molar-refractivity contribution in [2.24, 2.45) is 0 Å². The highest BCUT2D eigenvalue weighted by atomic mass is 79.9. The third kappa shape index (κ3) is 4.28. The highest BCUT2D eigenvalue weighted by Crippen LogP contribution is 2.26. The molecule has 2 aromatic carbocycles. The normalized spacial score (nSPS) is 10.7. The molecule has 3 heterocycles. The highest BCUT2D eigenvalue weighted by Gasteiger charge is 2.10. The molecule has 0 saturated carbocycles. The van der Waals surface area contributed by atoms with Crippen LogP contribution in [-0.2, 0) is 6.54 Å². The molecule has 0 aliphatic heterocycles. The summed E-state index contributed by atoms with van der Waals surface area (Å²) in [7, 11) is 0. The van der Waals surface area contributed by atoms with Crippen LogP contribution in [0.15, 0.2) is 83.7 Å². The van der Waals surface area contributed by atoms with E-state index < -0.39 is 0 Å². The van der Waals surface area contributed by atoms with Crippen LogP contribution in [0, 0.1) is 0 Å². The molecule has 156 valence electrons. The SMILES string of the molecule is Cl.O=C(Nc1ccc(Br)cc1)Nc1cccc2c1ccn2Cc1ccnc2[nH]ccc12. The number of amides is 2. The van der Waals surface area contributed by atoms with Crippen molar-refractivity contribution >= 4 is 67.7 Å². The van der Waals surface area contributed by atoms with Crippen LogP contribution in [0.25, 0.3) is 21.9 Å². The number of aromatic amines is 1. The number of hydrogen-bond donors (Lipinski definition) is 3. The van der Waals surface area contributed by atoms with E-state index in [1.165, 1.54) is 5.56 Å². The Morgan fingerprint density at radius 2 is 1.84 bits per heavy atom. The molecule has 0 fully saturated rings. The van der Waals surface area contributed by atoms with E-state index in [1.54, 1.807) is 0 Å². The molecule has 31 heavy (non-hydrogen) atoms. The Labute approximate surface area is 193 Å².